The summed E-state index contributed by atoms with van der Waals surface area (Å²) in [6.07, 6.45) is 3.48. The number of benzene rings is 1. The lowest BCUT2D eigenvalue weighted by Crippen LogP contribution is -2.02. The summed E-state index contributed by atoms with van der Waals surface area (Å²) in [5.41, 5.74) is 4.51. The molecule has 3 aromatic heterocycles. The van der Waals surface area contributed by atoms with E-state index in [9.17, 15) is 0 Å². The second-order valence-corrected chi connectivity index (χ2v) is 5.94. The van der Waals surface area contributed by atoms with Crippen LogP contribution in [0.25, 0.3) is 33.9 Å². The molecule has 0 bridgehead atoms. The van der Waals surface area contributed by atoms with Crippen LogP contribution in [0, 0.1) is 6.92 Å². The minimum absolute atomic E-state index is 0.254. The Morgan fingerprint density at radius 2 is 2.04 bits per heavy atom. The average molecular weight is 320 g/mol. The third-order valence-corrected chi connectivity index (χ3v) is 3.91. The molecule has 0 N–H and O–H groups in total. The smallest absolute Gasteiger partial charge is 0.258 e. The fourth-order valence-electron chi connectivity index (χ4n) is 2.60. The van der Waals surface area contributed by atoms with Crippen LogP contribution >= 0.6 is 0 Å². The van der Waals surface area contributed by atoms with E-state index in [1.165, 1.54) is 0 Å². The van der Waals surface area contributed by atoms with Gasteiger partial charge in [0.05, 0.1) is 5.52 Å². The molecule has 120 valence electrons. The number of fused-ring (bicyclic) bond motifs is 1. The van der Waals surface area contributed by atoms with Gasteiger partial charge in [-0.05, 0) is 50.6 Å². The van der Waals surface area contributed by atoms with Gasteiger partial charge in [-0.3, -0.25) is 4.98 Å². The number of aromatic nitrogens is 6. The maximum atomic E-state index is 5.42. The quantitative estimate of drug-likeness (QED) is 0.575. The summed E-state index contributed by atoms with van der Waals surface area (Å²) >= 11 is 0. The first-order valence-corrected chi connectivity index (χ1v) is 7.73. The van der Waals surface area contributed by atoms with Gasteiger partial charge in [0.2, 0.25) is 5.82 Å². The standard InChI is InChI=1S/C17H16N6O/c1-10(2)23-15-5-4-12(8-14(15)20-22-23)17-19-16(21-24-17)13-9-18-7-6-11(13)3/h4-10H,1-3H3. The lowest BCUT2D eigenvalue weighted by Gasteiger charge is -2.04. The largest absolute Gasteiger partial charge is 0.334 e. The van der Waals surface area contributed by atoms with Gasteiger partial charge in [-0.1, -0.05) is 10.4 Å². The second-order valence-electron chi connectivity index (χ2n) is 5.94. The lowest BCUT2D eigenvalue weighted by atomic mass is 10.1. The van der Waals surface area contributed by atoms with E-state index >= 15 is 0 Å². The van der Waals surface area contributed by atoms with Crippen molar-refractivity contribution in [2.75, 3.05) is 0 Å². The summed E-state index contributed by atoms with van der Waals surface area (Å²) in [5, 5.41) is 12.5. The molecule has 1 aromatic carbocycles. The van der Waals surface area contributed by atoms with E-state index in [2.05, 4.69) is 39.3 Å². The molecule has 0 amide bonds. The minimum Gasteiger partial charge on any atom is -0.334 e. The molecule has 0 aliphatic carbocycles. The fraction of sp³-hybridized carbons (Fsp3) is 0.235. The van der Waals surface area contributed by atoms with Crippen LogP contribution < -0.4 is 0 Å². The van der Waals surface area contributed by atoms with E-state index in [1.54, 1.807) is 12.4 Å². The zero-order valence-electron chi connectivity index (χ0n) is 13.6. The molecule has 7 nitrogen and oxygen atoms in total. The molecule has 0 radical (unpaired) electrons. The van der Waals surface area contributed by atoms with E-state index in [-0.39, 0.29) is 6.04 Å². The predicted molar refractivity (Wildman–Crippen MR) is 89.2 cm³/mol. The van der Waals surface area contributed by atoms with Gasteiger partial charge >= 0.3 is 0 Å². The topological polar surface area (TPSA) is 82.5 Å². The number of hydrogen-bond acceptors (Lipinski definition) is 6. The van der Waals surface area contributed by atoms with E-state index in [1.807, 2.05) is 35.9 Å². The van der Waals surface area contributed by atoms with Crippen LogP contribution in [-0.2, 0) is 0 Å². The highest BCUT2D eigenvalue weighted by Gasteiger charge is 2.14. The molecule has 0 fully saturated rings. The molecule has 4 aromatic rings. The maximum absolute atomic E-state index is 5.42. The van der Waals surface area contributed by atoms with Crippen molar-refractivity contribution >= 4 is 11.0 Å². The Kier molecular flexibility index (Phi) is 3.34. The van der Waals surface area contributed by atoms with E-state index in [0.29, 0.717) is 11.7 Å². The van der Waals surface area contributed by atoms with Gasteiger partial charge in [0, 0.05) is 29.6 Å². The van der Waals surface area contributed by atoms with Crippen LogP contribution in [0.4, 0.5) is 0 Å². The predicted octanol–water partition coefficient (Wildman–Crippen LogP) is 3.43. The molecular weight excluding hydrogens is 304 g/mol. The molecule has 0 aliphatic rings. The first-order chi connectivity index (χ1) is 11.6. The Labute approximate surface area is 138 Å². The molecule has 0 aliphatic heterocycles. The number of aryl methyl sites for hydroxylation is 1. The molecule has 24 heavy (non-hydrogen) atoms. The van der Waals surface area contributed by atoms with Crippen LogP contribution in [0.1, 0.15) is 25.5 Å². The van der Waals surface area contributed by atoms with Gasteiger partial charge in [-0.25, -0.2) is 4.68 Å². The number of pyridine rings is 1. The fourth-order valence-corrected chi connectivity index (χ4v) is 2.60. The number of nitrogens with zero attached hydrogens (tertiary/aromatic N) is 6. The Morgan fingerprint density at radius 1 is 1.17 bits per heavy atom. The van der Waals surface area contributed by atoms with E-state index < -0.39 is 0 Å². The first-order valence-electron chi connectivity index (χ1n) is 7.73. The van der Waals surface area contributed by atoms with E-state index in [0.717, 1.165) is 27.7 Å². The van der Waals surface area contributed by atoms with Crippen molar-refractivity contribution in [2.45, 2.75) is 26.8 Å². The Bertz CT molecular complexity index is 1020. The van der Waals surface area contributed by atoms with Gasteiger partial charge < -0.3 is 4.52 Å². The van der Waals surface area contributed by atoms with Crippen molar-refractivity contribution in [1.29, 1.82) is 0 Å². The van der Waals surface area contributed by atoms with Crippen LogP contribution in [0.3, 0.4) is 0 Å². The third-order valence-electron chi connectivity index (χ3n) is 3.91. The van der Waals surface area contributed by atoms with Crippen LogP contribution in [0.5, 0.6) is 0 Å². The van der Waals surface area contributed by atoms with Gasteiger partial charge in [0.15, 0.2) is 0 Å². The SMILES string of the molecule is Cc1ccncc1-c1noc(-c2ccc3c(c2)nnn3C(C)C)n1. The first kappa shape index (κ1) is 14.5. The molecule has 4 rings (SSSR count). The molecular formula is C17H16N6O. The van der Waals surface area contributed by atoms with Gasteiger partial charge in [0.25, 0.3) is 5.89 Å². The average Bonchev–Trinajstić information content (AvgIpc) is 3.21. The molecule has 7 heteroatoms. The Morgan fingerprint density at radius 3 is 2.83 bits per heavy atom. The van der Waals surface area contributed by atoms with Gasteiger partial charge in [-0.15, -0.1) is 5.10 Å². The molecule has 3 heterocycles. The van der Waals surface area contributed by atoms with Gasteiger partial charge in [0.1, 0.15) is 5.52 Å². The zero-order chi connectivity index (χ0) is 16.7. The maximum Gasteiger partial charge on any atom is 0.258 e. The van der Waals surface area contributed by atoms with Crippen LogP contribution in [0.2, 0.25) is 0 Å². The Balaban J connectivity index is 1.75. The molecule has 0 unspecified atom stereocenters. The summed E-state index contributed by atoms with van der Waals surface area (Å²) in [6.45, 7) is 6.13. The molecule has 0 spiro atoms. The molecule has 0 atom stereocenters. The van der Waals surface area contributed by atoms with Crippen molar-refractivity contribution in [3.05, 3.63) is 42.2 Å². The van der Waals surface area contributed by atoms with Crippen molar-refractivity contribution in [2.24, 2.45) is 0 Å². The highest BCUT2D eigenvalue weighted by Crippen LogP contribution is 2.26. The van der Waals surface area contributed by atoms with E-state index in [4.69, 9.17) is 4.52 Å². The van der Waals surface area contributed by atoms with Crippen LogP contribution in [-0.4, -0.2) is 30.1 Å². The highest BCUT2D eigenvalue weighted by molar-refractivity contribution is 5.80. The zero-order valence-corrected chi connectivity index (χ0v) is 13.6. The summed E-state index contributed by atoms with van der Waals surface area (Å²) < 4.78 is 7.31. The van der Waals surface area contributed by atoms with Crippen molar-refractivity contribution in [1.82, 2.24) is 30.1 Å². The molecule has 0 saturated heterocycles. The van der Waals surface area contributed by atoms with Gasteiger partial charge in [-0.2, -0.15) is 4.98 Å². The highest BCUT2D eigenvalue weighted by atomic mass is 16.5. The lowest BCUT2D eigenvalue weighted by molar-refractivity contribution is 0.432. The Hall–Kier alpha value is -3.09. The van der Waals surface area contributed by atoms with Crippen molar-refractivity contribution in [3.63, 3.8) is 0 Å². The second kappa shape index (κ2) is 5.52. The van der Waals surface area contributed by atoms with Crippen molar-refractivity contribution in [3.8, 4) is 22.8 Å². The monoisotopic (exact) mass is 320 g/mol. The van der Waals surface area contributed by atoms with Crippen molar-refractivity contribution < 1.29 is 4.52 Å². The third kappa shape index (κ3) is 2.34. The minimum atomic E-state index is 0.254. The summed E-state index contributed by atoms with van der Waals surface area (Å²) in [6, 6.07) is 8.00. The van der Waals surface area contributed by atoms with Crippen LogP contribution in [0.15, 0.2) is 41.2 Å². The normalized spacial score (nSPS) is 11.5. The summed E-state index contributed by atoms with van der Waals surface area (Å²) in [7, 11) is 0. The number of hydrogen-bond donors (Lipinski definition) is 0. The molecule has 0 saturated carbocycles. The summed E-state index contributed by atoms with van der Waals surface area (Å²) in [5.74, 6) is 0.982. The summed E-state index contributed by atoms with van der Waals surface area (Å²) in [4.78, 5) is 8.61. The number of rotatable bonds is 3.